The second-order valence-electron chi connectivity index (χ2n) is 5.48. The van der Waals surface area contributed by atoms with E-state index >= 15 is 0 Å². The molecule has 0 fully saturated rings. The smallest absolute Gasteiger partial charge is 0.337 e. The Morgan fingerprint density at radius 2 is 2.20 bits per heavy atom. The summed E-state index contributed by atoms with van der Waals surface area (Å²) in [4.78, 5) is 23.6. The molecule has 8 heteroatoms. The Bertz CT molecular complexity index is 690. The Kier molecular flexibility index (Phi) is 6.83. The monoisotopic (exact) mass is 411 g/mol. The Morgan fingerprint density at radius 1 is 1.44 bits per heavy atom. The molecule has 1 atom stereocenters. The molecule has 1 aliphatic heterocycles. The predicted octanol–water partition coefficient (Wildman–Crippen LogP) is 2.24. The van der Waals surface area contributed by atoms with E-state index in [4.69, 9.17) is 9.47 Å². The number of urea groups is 1. The van der Waals surface area contributed by atoms with E-state index in [9.17, 15) is 9.59 Å². The predicted molar refractivity (Wildman–Crippen MR) is 97.3 cm³/mol. The van der Waals surface area contributed by atoms with Crippen molar-refractivity contribution in [3.63, 3.8) is 0 Å². The number of hydrogen-bond acceptors (Lipinski definition) is 5. The van der Waals surface area contributed by atoms with Crippen molar-refractivity contribution in [2.75, 3.05) is 26.8 Å². The summed E-state index contributed by atoms with van der Waals surface area (Å²) in [5, 5.41) is 8.57. The molecule has 25 heavy (non-hydrogen) atoms. The van der Waals surface area contributed by atoms with Crippen LogP contribution in [-0.2, 0) is 9.53 Å². The van der Waals surface area contributed by atoms with Crippen LogP contribution in [0.15, 0.2) is 33.9 Å². The van der Waals surface area contributed by atoms with Crippen LogP contribution in [0.5, 0.6) is 5.75 Å². The fraction of sp³-hybridized carbons (Fsp3) is 0.412. The highest BCUT2D eigenvalue weighted by Gasteiger charge is 2.23. The van der Waals surface area contributed by atoms with E-state index in [0.29, 0.717) is 17.8 Å². The van der Waals surface area contributed by atoms with Crippen LogP contribution in [-0.4, -0.2) is 38.8 Å². The molecule has 0 unspecified atom stereocenters. The molecule has 2 rings (SSSR count). The molecule has 0 bridgehead atoms. The van der Waals surface area contributed by atoms with E-state index in [1.807, 2.05) is 25.1 Å². The number of esters is 1. The Hall–Kier alpha value is -2.06. The lowest BCUT2D eigenvalue weighted by atomic mass is 10.1. The van der Waals surface area contributed by atoms with Gasteiger partial charge in [0.2, 0.25) is 0 Å². The van der Waals surface area contributed by atoms with Crippen LogP contribution in [0.1, 0.15) is 25.5 Å². The number of nitrogens with one attached hydrogen (secondary N) is 3. The van der Waals surface area contributed by atoms with E-state index in [2.05, 4.69) is 31.9 Å². The zero-order chi connectivity index (χ0) is 18.4. The minimum atomic E-state index is -0.424. The summed E-state index contributed by atoms with van der Waals surface area (Å²) < 4.78 is 11.1. The Labute approximate surface area is 155 Å². The first-order chi connectivity index (χ1) is 12.0. The number of amides is 2. The van der Waals surface area contributed by atoms with Crippen molar-refractivity contribution >= 4 is 27.9 Å². The second kappa shape index (κ2) is 8.87. The number of rotatable bonds is 7. The van der Waals surface area contributed by atoms with Crippen molar-refractivity contribution in [3.05, 3.63) is 39.5 Å². The third kappa shape index (κ3) is 4.96. The largest absolute Gasteiger partial charge is 0.496 e. The lowest BCUT2D eigenvalue weighted by Crippen LogP contribution is -2.46. The van der Waals surface area contributed by atoms with Crippen LogP contribution >= 0.6 is 15.9 Å². The lowest BCUT2D eigenvalue weighted by Gasteiger charge is -2.23. The zero-order valence-corrected chi connectivity index (χ0v) is 16.0. The first-order valence-corrected chi connectivity index (χ1v) is 8.76. The normalized spacial score (nSPS) is 15.3. The highest BCUT2D eigenvalue weighted by molar-refractivity contribution is 9.10. The number of carbonyl (C=O) groups is 2. The average Bonchev–Trinajstić information content (AvgIpc) is 2.59. The third-order valence-electron chi connectivity index (χ3n) is 3.84. The molecule has 136 valence electrons. The van der Waals surface area contributed by atoms with Crippen molar-refractivity contribution in [3.8, 4) is 5.75 Å². The van der Waals surface area contributed by atoms with E-state index < -0.39 is 5.97 Å². The first kappa shape index (κ1) is 19.3. The molecule has 0 saturated carbocycles. The molecule has 0 aromatic heterocycles. The molecular weight excluding hydrogens is 390 g/mol. The SMILES string of the molecule is CCOC(=O)C1=C(CN[C@H](C)c2ccc(OC)c(Br)c2)NC(=O)NC1. The number of carbonyl (C=O) groups excluding carboxylic acids is 2. The first-order valence-electron chi connectivity index (χ1n) is 7.97. The third-order valence-corrected chi connectivity index (χ3v) is 4.46. The van der Waals surface area contributed by atoms with Gasteiger partial charge in [-0.05, 0) is 47.5 Å². The summed E-state index contributed by atoms with van der Waals surface area (Å²) in [5.74, 6) is 0.334. The van der Waals surface area contributed by atoms with Gasteiger partial charge in [-0.2, -0.15) is 0 Å². The van der Waals surface area contributed by atoms with E-state index in [-0.39, 0.29) is 25.2 Å². The Morgan fingerprint density at radius 3 is 2.84 bits per heavy atom. The molecular formula is C17H22BrN3O4. The number of ether oxygens (including phenoxy) is 2. The van der Waals surface area contributed by atoms with Crippen molar-refractivity contribution in [1.29, 1.82) is 0 Å². The highest BCUT2D eigenvalue weighted by Crippen LogP contribution is 2.28. The zero-order valence-electron chi connectivity index (χ0n) is 14.4. The molecule has 1 heterocycles. The van der Waals surface area contributed by atoms with Gasteiger partial charge in [0.05, 0.1) is 30.3 Å². The van der Waals surface area contributed by atoms with E-state index in [1.54, 1.807) is 14.0 Å². The molecule has 1 aromatic carbocycles. The molecule has 0 aliphatic carbocycles. The molecule has 0 spiro atoms. The molecule has 3 N–H and O–H groups in total. The topological polar surface area (TPSA) is 88.7 Å². The Balaban J connectivity index is 2.09. The maximum absolute atomic E-state index is 12.0. The quantitative estimate of drug-likeness (QED) is 0.598. The summed E-state index contributed by atoms with van der Waals surface area (Å²) in [6.07, 6.45) is 0. The van der Waals surface area contributed by atoms with Crippen molar-refractivity contribution < 1.29 is 19.1 Å². The van der Waals surface area contributed by atoms with Crippen LogP contribution in [0, 0.1) is 0 Å². The number of hydrogen-bond donors (Lipinski definition) is 3. The van der Waals surface area contributed by atoms with E-state index in [0.717, 1.165) is 15.8 Å². The van der Waals surface area contributed by atoms with Gasteiger partial charge in [0, 0.05) is 18.3 Å². The number of benzene rings is 1. The van der Waals surface area contributed by atoms with Gasteiger partial charge < -0.3 is 25.4 Å². The standard InChI is InChI=1S/C17H22BrN3O4/c1-4-25-16(22)12-8-20-17(23)21-14(12)9-19-10(2)11-5-6-15(24-3)13(18)7-11/h5-7,10,19H,4,8-9H2,1-3H3,(H2,20,21,23)/t10-/m1/s1. The molecule has 2 amide bonds. The van der Waals surface area contributed by atoms with Crippen LogP contribution in [0.25, 0.3) is 0 Å². The van der Waals surface area contributed by atoms with Gasteiger partial charge in [0.15, 0.2) is 0 Å². The maximum atomic E-state index is 12.0. The van der Waals surface area contributed by atoms with Crippen LogP contribution in [0.2, 0.25) is 0 Å². The van der Waals surface area contributed by atoms with Gasteiger partial charge in [0.1, 0.15) is 5.75 Å². The average molecular weight is 412 g/mol. The molecule has 1 aromatic rings. The van der Waals surface area contributed by atoms with Crippen LogP contribution in [0.4, 0.5) is 4.79 Å². The van der Waals surface area contributed by atoms with Crippen molar-refractivity contribution in [2.24, 2.45) is 0 Å². The van der Waals surface area contributed by atoms with Gasteiger partial charge in [-0.1, -0.05) is 6.07 Å². The summed E-state index contributed by atoms with van der Waals surface area (Å²) in [6, 6.07) is 5.49. The maximum Gasteiger partial charge on any atom is 0.337 e. The fourth-order valence-electron chi connectivity index (χ4n) is 2.42. The van der Waals surface area contributed by atoms with Crippen LogP contribution < -0.4 is 20.7 Å². The second-order valence-corrected chi connectivity index (χ2v) is 6.34. The molecule has 0 saturated heterocycles. The minimum Gasteiger partial charge on any atom is -0.496 e. The summed E-state index contributed by atoms with van der Waals surface area (Å²) in [6.45, 7) is 4.53. The molecule has 1 aliphatic rings. The van der Waals surface area contributed by atoms with Gasteiger partial charge in [-0.25, -0.2) is 9.59 Å². The molecule has 0 radical (unpaired) electrons. The number of halogens is 1. The van der Waals surface area contributed by atoms with E-state index in [1.165, 1.54) is 0 Å². The van der Waals surface area contributed by atoms with Crippen molar-refractivity contribution in [1.82, 2.24) is 16.0 Å². The summed E-state index contributed by atoms with van der Waals surface area (Å²) >= 11 is 3.47. The van der Waals surface area contributed by atoms with Crippen molar-refractivity contribution in [2.45, 2.75) is 19.9 Å². The molecule has 7 nitrogen and oxygen atoms in total. The van der Waals surface area contributed by atoms with Gasteiger partial charge in [0.25, 0.3) is 0 Å². The fourth-order valence-corrected chi connectivity index (χ4v) is 2.98. The van der Waals surface area contributed by atoms with Crippen LogP contribution in [0.3, 0.4) is 0 Å². The summed E-state index contributed by atoms with van der Waals surface area (Å²) in [5.41, 5.74) is 2.00. The number of methoxy groups -OCH3 is 1. The minimum absolute atomic E-state index is 0.00457. The summed E-state index contributed by atoms with van der Waals surface area (Å²) in [7, 11) is 1.62. The van der Waals surface area contributed by atoms with Gasteiger partial charge in [-0.3, -0.25) is 0 Å². The highest BCUT2D eigenvalue weighted by atomic mass is 79.9. The van der Waals surface area contributed by atoms with Gasteiger partial charge in [-0.15, -0.1) is 0 Å². The van der Waals surface area contributed by atoms with Gasteiger partial charge >= 0.3 is 12.0 Å². The lowest BCUT2D eigenvalue weighted by molar-refractivity contribution is -0.138.